The van der Waals surface area contributed by atoms with Crippen molar-refractivity contribution in [3.05, 3.63) is 28.5 Å². The first-order valence-electron chi connectivity index (χ1n) is 6.29. The molecule has 2 rings (SSSR count). The van der Waals surface area contributed by atoms with Crippen LogP contribution in [0.5, 0.6) is 0 Å². The van der Waals surface area contributed by atoms with E-state index in [4.69, 9.17) is 40.2 Å². The second-order valence-corrected chi connectivity index (χ2v) is 5.95. The maximum absolute atomic E-state index is 13.6. The van der Waals surface area contributed by atoms with E-state index in [9.17, 15) is 9.18 Å². The number of carbonyl (C=O) groups is 1. The average Bonchev–Trinajstić information content (AvgIpc) is 2.40. The molecule has 0 fully saturated rings. The van der Waals surface area contributed by atoms with Gasteiger partial charge >= 0.3 is 0 Å². The van der Waals surface area contributed by atoms with E-state index >= 15 is 0 Å². The van der Waals surface area contributed by atoms with Gasteiger partial charge in [0.15, 0.2) is 10.8 Å². The van der Waals surface area contributed by atoms with Crippen LogP contribution in [0.2, 0.25) is 5.02 Å². The van der Waals surface area contributed by atoms with Gasteiger partial charge in [-0.25, -0.2) is 4.39 Å². The van der Waals surface area contributed by atoms with Gasteiger partial charge in [0.05, 0.1) is 28.4 Å². The summed E-state index contributed by atoms with van der Waals surface area (Å²) < 4.78 is 18.8. The molecule has 3 nitrogen and oxygen atoms in total. The standard InChI is InChI=1S/C14H12Cl2FNO2S/c1-3-20-14(21)11-12(6(2)15)18-10-5-8(16)9(17)4-7(10)13(11)19/h4-6,11H,3H2,1-2H3. The Morgan fingerprint density at radius 3 is 2.81 bits per heavy atom. The van der Waals surface area contributed by atoms with Crippen molar-refractivity contribution in [1.82, 2.24) is 0 Å². The highest BCUT2D eigenvalue weighted by molar-refractivity contribution is 7.80. The van der Waals surface area contributed by atoms with Crippen LogP contribution in [0, 0.1) is 11.7 Å². The molecule has 0 aliphatic carbocycles. The van der Waals surface area contributed by atoms with Gasteiger partial charge in [0.1, 0.15) is 11.7 Å². The summed E-state index contributed by atoms with van der Waals surface area (Å²) in [5, 5.41) is -0.526. The first-order chi connectivity index (χ1) is 9.86. The van der Waals surface area contributed by atoms with E-state index in [0.717, 1.165) is 6.07 Å². The van der Waals surface area contributed by atoms with E-state index in [1.165, 1.54) is 6.07 Å². The minimum Gasteiger partial charge on any atom is -0.486 e. The Morgan fingerprint density at radius 2 is 2.24 bits per heavy atom. The van der Waals surface area contributed by atoms with Crippen molar-refractivity contribution in [2.24, 2.45) is 10.9 Å². The van der Waals surface area contributed by atoms with Crippen LogP contribution >= 0.6 is 35.4 Å². The second kappa shape index (κ2) is 6.38. The lowest BCUT2D eigenvalue weighted by molar-refractivity contribution is 0.0968. The summed E-state index contributed by atoms with van der Waals surface area (Å²) in [4.78, 5) is 16.9. The van der Waals surface area contributed by atoms with E-state index in [0.29, 0.717) is 18.0 Å². The molecular weight excluding hydrogens is 336 g/mol. The van der Waals surface area contributed by atoms with Crippen LogP contribution in [0.1, 0.15) is 24.2 Å². The van der Waals surface area contributed by atoms with Gasteiger partial charge in [0, 0.05) is 5.56 Å². The Kier molecular flexibility index (Phi) is 4.96. The summed E-state index contributed by atoms with van der Waals surface area (Å²) in [6.07, 6.45) is 0. The molecule has 0 aromatic heterocycles. The van der Waals surface area contributed by atoms with Crippen molar-refractivity contribution < 1.29 is 13.9 Å². The normalized spacial score (nSPS) is 18.8. The van der Waals surface area contributed by atoms with Crippen LogP contribution in [0.4, 0.5) is 10.1 Å². The molecule has 2 unspecified atom stereocenters. The highest BCUT2D eigenvalue weighted by atomic mass is 35.5. The number of thiocarbonyl (C=S) groups is 1. The van der Waals surface area contributed by atoms with Crippen LogP contribution in [0.25, 0.3) is 0 Å². The molecule has 1 aliphatic heterocycles. The number of ketones is 1. The quantitative estimate of drug-likeness (QED) is 0.602. The predicted octanol–water partition coefficient (Wildman–Crippen LogP) is 4.36. The molecule has 0 amide bonds. The fourth-order valence-corrected chi connectivity index (χ4v) is 2.77. The SMILES string of the molecule is CCOC(=S)C1C(=O)c2cc(F)c(Cl)cc2N=C1C(C)Cl. The van der Waals surface area contributed by atoms with Gasteiger partial charge in [-0.2, -0.15) is 0 Å². The Balaban J connectivity index is 2.58. The number of fused-ring (bicyclic) bond motifs is 1. The lowest BCUT2D eigenvalue weighted by atomic mass is 9.88. The zero-order chi connectivity index (χ0) is 15.7. The van der Waals surface area contributed by atoms with E-state index in [2.05, 4.69) is 4.99 Å². The molecule has 0 N–H and O–H groups in total. The second-order valence-electron chi connectivity index (χ2n) is 4.49. The monoisotopic (exact) mass is 347 g/mol. The molecule has 21 heavy (non-hydrogen) atoms. The van der Waals surface area contributed by atoms with Gasteiger partial charge in [0.2, 0.25) is 0 Å². The van der Waals surface area contributed by atoms with Crippen molar-refractivity contribution in [3.8, 4) is 0 Å². The van der Waals surface area contributed by atoms with Gasteiger partial charge < -0.3 is 4.74 Å². The maximum atomic E-state index is 13.6. The third-order valence-electron chi connectivity index (χ3n) is 3.04. The lowest BCUT2D eigenvalue weighted by Gasteiger charge is -2.25. The minimum atomic E-state index is -0.875. The molecule has 1 heterocycles. The summed E-state index contributed by atoms with van der Waals surface area (Å²) >= 11 is 17.0. The van der Waals surface area contributed by atoms with E-state index in [1.54, 1.807) is 13.8 Å². The molecule has 1 aromatic carbocycles. The van der Waals surface area contributed by atoms with Crippen molar-refractivity contribution in [2.45, 2.75) is 19.2 Å². The lowest BCUT2D eigenvalue weighted by Crippen LogP contribution is -2.38. The molecule has 1 aliphatic rings. The summed E-state index contributed by atoms with van der Waals surface area (Å²) in [6.45, 7) is 3.77. The summed E-state index contributed by atoms with van der Waals surface area (Å²) in [6, 6.07) is 2.38. The molecule has 0 radical (unpaired) electrons. The Hall–Kier alpha value is -1.04. The van der Waals surface area contributed by atoms with Gasteiger partial charge in [-0.1, -0.05) is 11.6 Å². The number of halogens is 3. The van der Waals surface area contributed by atoms with Gasteiger partial charge in [-0.3, -0.25) is 9.79 Å². The van der Waals surface area contributed by atoms with E-state index < -0.39 is 17.1 Å². The molecule has 0 bridgehead atoms. The number of Topliss-reactive ketones (excluding diaryl/α,β-unsaturated/α-hetero) is 1. The number of hydrogen-bond acceptors (Lipinski definition) is 4. The third kappa shape index (κ3) is 3.10. The molecule has 1 aromatic rings. The zero-order valence-electron chi connectivity index (χ0n) is 11.3. The molecular formula is C14H12Cl2FNO2S. The molecule has 112 valence electrons. The van der Waals surface area contributed by atoms with E-state index in [-0.39, 0.29) is 21.4 Å². The number of carbonyl (C=O) groups excluding carboxylic acids is 1. The van der Waals surface area contributed by atoms with Crippen LogP contribution in [-0.2, 0) is 4.74 Å². The van der Waals surface area contributed by atoms with Crippen LogP contribution in [0.3, 0.4) is 0 Å². The van der Waals surface area contributed by atoms with Crippen LogP contribution in [0.15, 0.2) is 17.1 Å². The van der Waals surface area contributed by atoms with Crippen LogP contribution < -0.4 is 0 Å². The number of rotatable bonds is 3. The predicted molar refractivity (Wildman–Crippen MR) is 85.9 cm³/mol. The first kappa shape index (κ1) is 16.3. The van der Waals surface area contributed by atoms with Crippen molar-refractivity contribution in [3.63, 3.8) is 0 Å². The maximum Gasteiger partial charge on any atom is 0.182 e. The highest BCUT2D eigenvalue weighted by Crippen LogP contribution is 2.35. The molecule has 0 saturated heterocycles. The fraction of sp³-hybridized carbons (Fsp3) is 0.357. The summed E-state index contributed by atoms with van der Waals surface area (Å²) in [5.41, 5.74) is 0.810. The highest BCUT2D eigenvalue weighted by Gasteiger charge is 2.38. The first-order valence-corrected chi connectivity index (χ1v) is 7.51. The third-order valence-corrected chi connectivity index (χ3v) is 3.91. The van der Waals surface area contributed by atoms with Gasteiger partial charge in [-0.05, 0) is 38.2 Å². The molecule has 0 saturated carbocycles. The fourth-order valence-electron chi connectivity index (χ4n) is 2.09. The Morgan fingerprint density at radius 1 is 1.57 bits per heavy atom. The number of aliphatic imine (C=N–C) groups is 1. The Labute approximate surface area is 137 Å². The Bertz CT molecular complexity index is 646. The number of ether oxygens (including phenoxy) is 1. The summed E-state index contributed by atoms with van der Waals surface area (Å²) in [5.74, 6) is -1.93. The number of alkyl halides is 1. The smallest absolute Gasteiger partial charge is 0.182 e. The van der Waals surface area contributed by atoms with Crippen molar-refractivity contribution in [2.75, 3.05) is 6.61 Å². The van der Waals surface area contributed by atoms with E-state index in [1.807, 2.05) is 0 Å². The zero-order valence-corrected chi connectivity index (χ0v) is 13.7. The number of benzene rings is 1. The van der Waals surface area contributed by atoms with Crippen LogP contribution in [-0.4, -0.2) is 28.5 Å². The molecule has 0 spiro atoms. The molecule has 2 atom stereocenters. The van der Waals surface area contributed by atoms with Gasteiger partial charge in [0.25, 0.3) is 0 Å². The largest absolute Gasteiger partial charge is 0.486 e. The number of hydrogen-bond donors (Lipinski definition) is 0. The van der Waals surface area contributed by atoms with Crippen molar-refractivity contribution >= 4 is 57.7 Å². The van der Waals surface area contributed by atoms with Gasteiger partial charge in [-0.15, -0.1) is 11.6 Å². The molecule has 7 heteroatoms. The summed E-state index contributed by atoms with van der Waals surface area (Å²) in [7, 11) is 0. The average molecular weight is 348 g/mol. The van der Waals surface area contributed by atoms with Crippen molar-refractivity contribution in [1.29, 1.82) is 0 Å². The number of nitrogens with zero attached hydrogens (tertiary/aromatic N) is 1. The minimum absolute atomic E-state index is 0.0924. The topological polar surface area (TPSA) is 38.7 Å².